The van der Waals surface area contributed by atoms with Crippen molar-refractivity contribution < 1.29 is 9.53 Å². The molecule has 1 atom stereocenters. The molecule has 5 nitrogen and oxygen atoms in total. The first-order valence-corrected chi connectivity index (χ1v) is 9.55. The van der Waals surface area contributed by atoms with Gasteiger partial charge in [0.15, 0.2) is 0 Å². The molecule has 0 spiro atoms. The van der Waals surface area contributed by atoms with Crippen molar-refractivity contribution >= 4 is 28.4 Å². The maximum atomic E-state index is 13.1. The summed E-state index contributed by atoms with van der Waals surface area (Å²) in [5.41, 5.74) is 1.83. The van der Waals surface area contributed by atoms with Gasteiger partial charge in [-0.25, -0.2) is 0 Å². The van der Waals surface area contributed by atoms with Gasteiger partial charge in [0.05, 0.1) is 11.6 Å². The van der Waals surface area contributed by atoms with E-state index < -0.39 is 11.6 Å². The summed E-state index contributed by atoms with van der Waals surface area (Å²) in [5, 5.41) is 3.99. The van der Waals surface area contributed by atoms with Crippen molar-refractivity contribution in [1.82, 2.24) is 9.88 Å². The van der Waals surface area contributed by atoms with Gasteiger partial charge in [0.2, 0.25) is 5.43 Å². The molecule has 4 rings (SSSR count). The van der Waals surface area contributed by atoms with E-state index in [4.69, 9.17) is 16.3 Å². The number of pyridine rings is 1. The highest BCUT2D eigenvalue weighted by atomic mass is 35.5. The fourth-order valence-corrected chi connectivity index (χ4v) is 3.88. The lowest BCUT2D eigenvalue weighted by Gasteiger charge is -2.39. The SMILES string of the molecule is CC1OC(C)(C)n2cc(C(=O)NCc3ccc(Cl)cc3)c(=O)c3cccc1c32. The number of amides is 1. The second-order valence-corrected chi connectivity index (χ2v) is 7.94. The Morgan fingerprint density at radius 1 is 1.21 bits per heavy atom. The Bertz CT molecular complexity index is 1130. The first-order valence-electron chi connectivity index (χ1n) is 9.17. The van der Waals surface area contributed by atoms with Crippen molar-refractivity contribution in [1.29, 1.82) is 0 Å². The summed E-state index contributed by atoms with van der Waals surface area (Å²) in [7, 11) is 0. The van der Waals surface area contributed by atoms with E-state index in [0.717, 1.165) is 16.6 Å². The molecule has 1 N–H and O–H groups in total. The van der Waals surface area contributed by atoms with Crippen molar-refractivity contribution in [2.24, 2.45) is 0 Å². The molecule has 28 heavy (non-hydrogen) atoms. The van der Waals surface area contributed by atoms with Gasteiger partial charge in [-0.3, -0.25) is 9.59 Å². The standard InChI is InChI=1S/C22H21ClN2O3/c1-13-16-5-4-6-17-19(16)25(22(2,3)28-13)12-18(20(17)26)21(27)24-11-14-7-9-15(23)10-8-14/h4-10,12-13H,11H2,1-3H3,(H,24,27). The highest BCUT2D eigenvalue weighted by Crippen LogP contribution is 2.38. The van der Waals surface area contributed by atoms with E-state index in [0.29, 0.717) is 17.0 Å². The summed E-state index contributed by atoms with van der Waals surface area (Å²) in [5.74, 6) is -0.412. The molecule has 1 aliphatic rings. The topological polar surface area (TPSA) is 60.3 Å². The molecule has 0 fully saturated rings. The summed E-state index contributed by atoms with van der Waals surface area (Å²) < 4.78 is 8.01. The summed E-state index contributed by atoms with van der Waals surface area (Å²) in [6, 6.07) is 12.8. The fraction of sp³-hybridized carbons (Fsp3) is 0.273. The van der Waals surface area contributed by atoms with E-state index >= 15 is 0 Å². The van der Waals surface area contributed by atoms with Crippen LogP contribution in [0.3, 0.4) is 0 Å². The van der Waals surface area contributed by atoms with Crippen LogP contribution >= 0.6 is 11.6 Å². The fourth-order valence-electron chi connectivity index (χ4n) is 3.76. The second-order valence-electron chi connectivity index (χ2n) is 7.50. The van der Waals surface area contributed by atoms with E-state index in [1.165, 1.54) is 0 Å². The molecular weight excluding hydrogens is 376 g/mol. The molecule has 1 unspecified atom stereocenters. The van der Waals surface area contributed by atoms with Crippen LogP contribution in [0.4, 0.5) is 0 Å². The van der Waals surface area contributed by atoms with Crippen LogP contribution < -0.4 is 10.7 Å². The van der Waals surface area contributed by atoms with Gasteiger partial charge in [0.25, 0.3) is 5.91 Å². The zero-order valence-corrected chi connectivity index (χ0v) is 16.7. The van der Waals surface area contributed by atoms with Gasteiger partial charge in [-0.1, -0.05) is 35.9 Å². The number of nitrogens with zero attached hydrogens (tertiary/aromatic N) is 1. The number of hydrogen-bond donors (Lipinski definition) is 1. The van der Waals surface area contributed by atoms with Crippen LogP contribution in [0.1, 0.15) is 48.4 Å². The highest BCUT2D eigenvalue weighted by Gasteiger charge is 2.33. The molecule has 0 aliphatic carbocycles. The normalized spacial score (nSPS) is 17.5. The van der Waals surface area contributed by atoms with E-state index in [9.17, 15) is 9.59 Å². The number of rotatable bonds is 3. The maximum Gasteiger partial charge on any atom is 0.257 e. The largest absolute Gasteiger partial charge is 0.348 e. The van der Waals surface area contributed by atoms with Crippen molar-refractivity contribution in [2.45, 2.75) is 39.1 Å². The highest BCUT2D eigenvalue weighted by molar-refractivity contribution is 6.30. The number of aromatic nitrogens is 1. The van der Waals surface area contributed by atoms with E-state index in [2.05, 4.69) is 5.32 Å². The van der Waals surface area contributed by atoms with Crippen LogP contribution in [0, 0.1) is 0 Å². The molecule has 0 radical (unpaired) electrons. The van der Waals surface area contributed by atoms with E-state index in [-0.39, 0.29) is 17.1 Å². The van der Waals surface area contributed by atoms with Crippen molar-refractivity contribution in [3.05, 3.63) is 80.6 Å². The smallest absolute Gasteiger partial charge is 0.257 e. The summed E-state index contributed by atoms with van der Waals surface area (Å²) >= 11 is 5.89. The second kappa shape index (κ2) is 6.76. The van der Waals surface area contributed by atoms with E-state index in [1.54, 1.807) is 24.4 Å². The first-order chi connectivity index (χ1) is 13.3. The van der Waals surface area contributed by atoms with Gasteiger partial charge >= 0.3 is 0 Å². The quantitative estimate of drug-likeness (QED) is 0.715. The third kappa shape index (κ3) is 3.11. The van der Waals surface area contributed by atoms with Crippen LogP contribution in [0.25, 0.3) is 10.9 Å². The molecule has 0 bridgehead atoms. The molecule has 0 saturated heterocycles. The minimum Gasteiger partial charge on any atom is -0.348 e. The molecule has 3 aromatic rings. The van der Waals surface area contributed by atoms with Crippen molar-refractivity contribution in [3.8, 4) is 0 Å². The average Bonchev–Trinajstić information content (AvgIpc) is 2.66. The zero-order valence-electron chi connectivity index (χ0n) is 16.0. The van der Waals surface area contributed by atoms with Gasteiger partial charge in [-0.15, -0.1) is 0 Å². The monoisotopic (exact) mass is 396 g/mol. The molecule has 144 valence electrons. The van der Waals surface area contributed by atoms with Crippen LogP contribution in [-0.2, 0) is 17.0 Å². The lowest BCUT2D eigenvalue weighted by molar-refractivity contribution is -0.124. The summed E-state index contributed by atoms with van der Waals surface area (Å²) in [6.45, 7) is 6.14. The van der Waals surface area contributed by atoms with Crippen LogP contribution in [-0.4, -0.2) is 10.5 Å². The lowest BCUT2D eigenvalue weighted by Crippen LogP contribution is -2.38. The number of hydrogen-bond acceptors (Lipinski definition) is 3. The lowest BCUT2D eigenvalue weighted by atomic mass is 9.99. The third-order valence-corrected chi connectivity index (χ3v) is 5.40. The van der Waals surface area contributed by atoms with Crippen LogP contribution in [0.15, 0.2) is 53.5 Å². The van der Waals surface area contributed by atoms with Gasteiger partial charge in [-0.05, 0) is 44.5 Å². The molecular formula is C22H21ClN2O3. The molecule has 2 heterocycles. The average molecular weight is 397 g/mol. The predicted molar refractivity (Wildman–Crippen MR) is 110 cm³/mol. The molecule has 1 aliphatic heterocycles. The number of carbonyl (C=O) groups excluding carboxylic acids is 1. The molecule has 2 aromatic carbocycles. The van der Waals surface area contributed by atoms with Gasteiger partial charge < -0.3 is 14.6 Å². The number of para-hydroxylation sites is 1. The van der Waals surface area contributed by atoms with Crippen molar-refractivity contribution in [2.75, 3.05) is 0 Å². The van der Waals surface area contributed by atoms with Crippen molar-refractivity contribution in [3.63, 3.8) is 0 Å². The molecule has 6 heteroatoms. The van der Waals surface area contributed by atoms with Crippen LogP contribution in [0.2, 0.25) is 5.02 Å². The van der Waals surface area contributed by atoms with Gasteiger partial charge in [0, 0.05) is 28.7 Å². The minimum absolute atomic E-state index is 0.102. The Kier molecular flexibility index (Phi) is 4.52. The van der Waals surface area contributed by atoms with Gasteiger partial charge in [-0.2, -0.15) is 0 Å². The maximum absolute atomic E-state index is 13.1. The summed E-state index contributed by atoms with van der Waals surface area (Å²) in [6.07, 6.45) is 1.47. The number of benzene rings is 2. The molecule has 1 amide bonds. The number of carbonyl (C=O) groups is 1. The predicted octanol–water partition coefficient (Wildman–Crippen LogP) is 4.37. The van der Waals surface area contributed by atoms with E-state index in [1.807, 2.05) is 49.6 Å². The number of nitrogens with one attached hydrogen (secondary N) is 1. The Morgan fingerprint density at radius 2 is 1.93 bits per heavy atom. The Balaban J connectivity index is 1.76. The third-order valence-electron chi connectivity index (χ3n) is 5.15. The zero-order chi connectivity index (χ0) is 20.1. The van der Waals surface area contributed by atoms with Gasteiger partial charge in [0.1, 0.15) is 11.3 Å². The number of ether oxygens (including phenoxy) is 1. The number of halogens is 1. The Labute approximate surface area is 167 Å². The molecule has 0 saturated carbocycles. The Hall–Kier alpha value is -2.63. The first kappa shape index (κ1) is 18.7. The molecule has 1 aromatic heterocycles. The minimum atomic E-state index is -0.676. The van der Waals surface area contributed by atoms with Crippen LogP contribution in [0.5, 0.6) is 0 Å². The Morgan fingerprint density at radius 3 is 2.64 bits per heavy atom. The summed E-state index contributed by atoms with van der Waals surface area (Å²) in [4.78, 5) is 25.9.